The molecule has 1 aliphatic carbocycles. The van der Waals surface area contributed by atoms with E-state index in [1.54, 1.807) is 24.3 Å². The third-order valence-corrected chi connectivity index (χ3v) is 3.31. The number of benzene rings is 3. The van der Waals surface area contributed by atoms with Crippen molar-refractivity contribution in [3.8, 4) is 5.75 Å². The number of allylic oxidation sites excluding steroid dienone is 4. The molecule has 1 aliphatic rings. The predicted octanol–water partition coefficient (Wildman–Crippen LogP) is 6.82. The maximum absolute atomic E-state index is 8.63. The van der Waals surface area contributed by atoms with Gasteiger partial charge in [0.2, 0.25) is 0 Å². The summed E-state index contributed by atoms with van der Waals surface area (Å²) < 4.78 is 0. The largest absolute Gasteiger partial charge is 3.00 e. The second kappa shape index (κ2) is 16.7. The zero-order valence-corrected chi connectivity index (χ0v) is 18.8. The van der Waals surface area contributed by atoms with Crippen LogP contribution in [0.5, 0.6) is 5.75 Å². The summed E-state index contributed by atoms with van der Waals surface area (Å²) in [6.45, 7) is 9.50. The van der Waals surface area contributed by atoms with Gasteiger partial charge in [0.15, 0.2) is 0 Å². The Morgan fingerprint density at radius 3 is 1.25 bits per heavy atom. The van der Waals surface area contributed by atoms with Crippen molar-refractivity contribution in [3.05, 3.63) is 140 Å². The molecule has 0 fully saturated rings. The van der Waals surface area contributed by atoms with E-state index in [1.807, 2.05) is 66.7 Å². The molecule has 28 heavy (non-hydrogen) atoms. The van der Waals surface area contributed by atoms with Gasteiger partial charge in [-0.25, -0.2) is 11.6 Å². The summed E-state index contributed by atoms with van der Waals surface area (Å²) in [5.41, 5.74) is 3.42. The molecule has 4 rings (SSSR count). The number of phenols is 1. The van der Waals surface area contributed by atoms with Gasteiger partial charge in [0, 0.05) is 0 Å². The van der Waals surface area contributed by atoms with Crippen LogP contribution in [0.3, 0.4) is 0 Å². The Balaban J connectivity index is 0.000000344. The molecule has 1 radical (unpaired) electrons. The zero-order chi connectivity index (χ0) is 19.7. The smallest absolute Gasteiger partial charge is 0.508 e. The van der Waals surface area contributed by atoms with E-state index in [9.17, 15) is 0 Å². The van der Waals surface area contributed by atoms with E-state index in [0.717, 1.165) is 17.5 Å². The average molecular weight is 447 g/mol. The Labute approximate surface area is 189 Å². The minimum Gasteiger partial charge on any atom is -0.508 e. The molecule has 0 unspecified atom stereocenters. The van der Waals surface area contributed by atoms with Gasteiger partial charge >= 0.3 is 26.2 Å². The summed E-state index contributed by atoms with van der Waals surface area (Å²) in [5, 5.41) is 8.63. The van der Waals surface area contributed by atoms with Crippen molar-refractivity contribution in [1.82, 2.24) is 0 Å². The van der Waals surface area contributed by atoms with E-state index in [0.29, 0.717) is 5.75 Å². The first-order valence-electron chi connectivity index (χ1n) is 8.80. The van der Waals surface area contributed by atoms with E-state index in [-0.39, 0.29) is 26.2 Å². The Bertz CT molecular complexity index is 687. The molecule has 0 spiro atoms. The zero-order valence-electron chi connectivity index (χ0n) is 16.4. The first kappa shape index (κ1) is 25.6. The Morgan fingerprint density at radius 2 is 1.11 bits per heavy atom. The Hall–Kier alpha value is -2.44. The van der Waals surface area contributed by atoms with Crippen LogP contribution < -0.4 is 0 Å². The van der Waals surface area contributed by atoms with Crippen molar-refractivity contribution in [1.29, 1.82) is 0 Å². The van der Waals surface area contributed by atoms with Crippen LogP contribution in [0.4, 0.5) is 0 Å². The first-order chi connectivity index (χ1) is 13.1. The van der Waals surface area contributed by atoms with Crippen molar-refractivity contribution < 1.29 is 31.3 Å². The normalized spacial score (nSPS) is 10.4. The van der Waals surface area contributed by atoms with Crippen molar-refractivity contribution in [2.24, 2.45) is 0 Å². The third kappa shape index (κ3) is 14.7. The molecule has 0 aromatic heterocycles. The summed E-state index contributed by atoms with van der Waals surface area (Å²) in [7, 11) is 0. The summed E-state index contributed by atoms with van der Waals surface area (Å²) in [6, 6.07) is 28.5. The van der Waals surface area contributed by atoms with Gasteiger partial charge in [-0.1, -0.05) is 37.3 Å². The van der Waals surface area contributed by atoms with Gasteiger partial charge in [0.25, 0.3) is 0 Å². The molecule has 1 N–H and O–H groups in total. The SMILES string of the molecule is CC1=[C-]CC=C1.Oc1ccccc1.[CH2-]c1ccccc1.[CH2-]c1ccccc1.[Zr+3]. The molecule has 0 atom stereocenters. The van der Waals surface area contributed by atoms with Gasteiger partial charge in [-0.2, -0.15) is 55.3 Å². The quantitative estimate of drug-likeness (QED) is 0.376. The summed E-state index contributed by atoms with van der Waals surface area (Å²) in [5.74, 6) is 0.322. The minimum atomic E-state index is 0. The van der Waals surface area contributed by atoms with E-state index in [4.69, 9.17) is 5.11 Å². The average Bonchev–Trinajstić information content (AvgIpc) is 3.16. The van der Waals surface area contributed by atoms with Crippen LogP contribution in [0.25, 0.3) is 0 Å². The molecule has 0 amide bonds. The standard InChI is InChI=1S/2C7H7.C6H6O.C6H7.Zr/c2*1-7-5-3-2-4-6-7;7-6-4-2-1-3-5-6;1-6-4-2-3-5-6;/h2*2-6H,1H2;1-5,7H;2,4H,3H2,1H3;/q2*-1;;-1;+3. The van der Waals surface area contributed by atoms with Crippen LogP contribution in [-0.4, -0.2) is 5.11 Å². The third-order valence-electron chi connectivity index (χ3n) is 3.31. The molecular weight excluding hydrogens is 420 g/mol. The molecule has 3 aromatic carbocycles. The Morgan fingerprint density at radius 1 is 0.714 bits per heavy atom. The number of rotatable bonds is 0. The fourth-order valence-corrected chi connectivity index (χ4v) is 1.90. The molecule has 0 saturated heterocycles. The fourth-order valence-electron chi connectivity index (χ4n) is 1.90. The van der Waals surface area contributed by atoms with Crippen LogP contribution in [0, 0.1) is 19.9 Å². The van der Waals surface area contributed by atoms with E-state index in [1.165, 1.54) is 5.57 Å². The molecule has 1 nitrogen and oxygen atoms in total. The monoisotopic (exact) mass is 445 g/mol. The summed E-state index contributed by atoms with van der Waals surface area (Å²) in [6.07, 6.45) is 8.33. The van der Waals surface area contributed by atoms with E-state index >= 15 is 0 Å². The Kier molecular flexibility index (Phi) is 15.3. The second-order valence-electron chi connectivity index (χ2n) is 5.77. The van der Waals surface area contributed by atoms with Gasteiger partial charge < -0.3 is 5.11 Å². The summed E-state index contributed by atoms with van der Waals surface area (Å²) >= 11 is 0. The predicted molar refractivity (Wildman–Crippen MR) is 116 cm³/mol. The fraction of sp³-hybridized carbons (Fsp3) is 0.0769. The number of hydrogen-bond acceptors (Lipinski definition) is 1. The molecule has 3 aromatic rings. The van der Waals surface area contributed by atoms with Crippen molar-refractivity contribution in [2.45, 2.75) is 13.3 Å². The molecule has 0 saturated carbocycles. The summed E-state index contributed by atoms with van der Waals surface area (Å²) in [4.78, 5) is 0. The van der Waals surface area contributed by atoms with E-state index in [2.05, 4.69) is 39.0 Å². The number of aromatic hydroxyl groups is 1. The number of para-hydroxylation sites is 1. The van der Waals surface area contributed by atoms with Crippen LogP contribution in [0.1, 0.15) is 24.5 Å². The molecule has 0 aliphatic heterocycles. The van der Waals surface area contributed by atoms with Crippen LogP contribution in [-0.2, 0) is 26.2 Å². The van der Waals surface area contributed by atoms with Gasteiger partial charge in [0.1, 0.15) is 5.75 Å². The van der Waals surface area contributed by atoms with Gasteiger partial charge in [0.05, 0.1) is 0 Å². The maximum Gasteiger partial charge on any atom is 3.00 e. The second-order valence-corrected chi connectivity index (χ2v) is 5.77. The van der Waals surface area contributed by atoms with Crippen LogP contribution in [0.2, 0.25) is 0 Å². The van der Waals surface area contributed by atoms with Gasteiger partial charge in [-0.3, -0.25) is 6.08 Å². The van der Waals surface area contributed by atoms with Crippen LogP contribution in [0.15, 0.2) is 109 Å². The van der Waals surface area contributed by atoms with Gasteiger partial charge in [-0.05, 0) is 12.1 Å². The number of phenolic OH excluding ortho intramolecular Hbond substituents is 1. The number of hydrogen-bond donors (Lipinski definition) is 1. The van der Waals surface area contributed by atoms with Crippen molar-refractivity contribution in [2.75, 3.05) is 0 Å². The first-order valence-corrected chi connectivity index (χ1v) is 8.80. The van der Waals surface area contributed by atoms with E-state index < -0.39 is 0 Å². The maximum atomic E-state index is 8.63. The molecule has 2 heteroatoms. The van der Waals surface area contributed by atoms with Crippen molar-refractivity contribution in [3.63, 3.8) is 0 Å². The molecule has 0 bridgehead atoms. The molecule has 0 heterocycles. The molecular formula is C26H27OZr. The van der Waals surface area contributed by atoms with Crippen molar-refractivity contribution >= 4 is 0 Å². The molecule has 141 valence electrons. The minimum absolute atomic E-state index is 0. The van der Waals surface area contributed by atoms with Gasteiger partial charge in [-0.15, -0.1) is 30.7 Å². The topological polar surface area (TPSA) is 20.2 Å². The van der Waals surface area contributed by atoms with Crippen LogP contribution >= 0.6 is 0 Å².